The van der Waals surface area contributed by atoms with Gasteiger partial charge in [-0.3, -0.25) is 9.52 Å². The zero-order valence-electron chi connectivity index (χ0n) is 17.2. The van der Waals surface area contributed by atoms with Crippen LogP contribution in [0.5, 0.6) is 0 Å². The molecule has 0 spiro atoms. The molecule has 0 saturated carbocycles. The lowest BCUT2D eigenvalue weighted by molar-refractivity contribution is 0.0940. The van der Waals surface area contributed by atoms with E-state index in [1.165, 1.54) is 24.3 Å². The minimum absolute atomic E-state index is 0.0638. The van der Waals surface area contributed by atoms with Crippen molar-refractivity contribution in [1.82, 2.24) is 5.32 Å². The highest BCUT2D eigenvalue weighted by Crippen LogP contribution is 2.22. The van der Waals surface area contributed by atoms with Gasteiger partial charge in [-0.1, -0.05) is 24.3 Å². The summed E-state index contributed by atoms with van der Waals surface area (Å²) < 4.78 is 63.9. The summed E-state index contributed by atoms with van der Waals surface area (Å²) in [5.74, 6) is -1.09. The maximum Gasteiger partial charge on any atom is 0.261 e. The summed E-state index contributed by atoms with van der Waals surface area (Å²) >= 11 is 0. The number of nitrogens with one attached hydrogen (secondary N) is 2. The molecule has 2 N–H and O–H groups in total. The number of hydrogen-bond donors (Lipinski definition) is 2. The van der Waals surface area contributed by atoms with Crippen molar-refractivity contribution in [2.24, 2.45) is 0 Å². The number of anilines is 1. The van der Waals surface area contributed by atoms with E-state index in [1.807, 2.05) is 0 Å². The summed E-state index contributed by atoms with van der Waals surface area (Å²) in [6.07, 6.45) is 1.11. The first kappa shape index (κ1) is 23.4. The standard InChI is InChI=1S/C22H21FN2O5S2/c1-15(16-7-11-18(12-8-16)31(2,27)28)24-22(26)20-5-3-4-6-21(20)25-32(29,30)19-13-9-17(23)10-14-19/h3-15,25H,1-2H3,(H,24,26). The van der Waals surface area contributed by atoms with Crippen LogP contribution in [0.25, 0.3) is 0 Å². The molecule has 0 heterocycles. The van der Waals surface area contributed by atoms with Gasteiger partial charge in [-0.25, -0.2) is 21.2 Å². The molecule has 7 nitrogen and oxygen atoms in total. The highest BCUT2D eigenvalue weighted by molar-refractivity contribution is 7.92. The Balaban J connectivity index is 1.80. The first-order valence-electron chi connectivity index (χ1n) is 9.46. The van der Waals surface area contributed by atoms with Crippen molar-refractivity contribution in [2.75, 3.05) is 11.0 Å². The Bertz CT molecular complexity index is 1340. The molecule has 32 heavy (non-hydrogen) atoms. The van der Waals surface area contributed by atoms with E-state index < -0.39 is 37.6 Å². The number of carbonyl (C=O) groups is 1. The number of amides is 1. The zero-order valence-corrected chi connectivity index (χ0v) is 18.9. The number of halogens is 1. The number of carbonyl (C=O) groups excluding carboxylic acids is 1. The van der Waals surface area contributed by atoms with E-state index in [0.717, 1.165) is 30.5 Å². The van der Waals surface area contributed by atoms with Crippen LogP contribution in [0, 0.1) is 5.82 Å². The Hall–Kier alpha value is -3.24. The Morgan fingerprint density at radius 2 is 1.41 bits per heavy atom. The van der Waals surface area contributed by atoms with E-state index in [2.05, 4.69) is 10.0 Å². The average Bonchev–Trinajstić information content (AvgIpc) is 2.73. The lowest BCUT2D eigenvalue weighted by Crippen LogP contribution is -2.28. The second kappa shape index (κ2) is 9.09. The highest BCUT2D eigenvalue weighted by Gasteiger charge is 2.20. The lowest BCUT2D eigenvalue weighted by atomic mass is 10.1. The smallest absolute Gasteiger partial charge is 0.261 e. The van der Waals surface area contributed by atoms with Crippen LogP contribution >= 0.6 is 0 Å². The molecule has 0 saturated heterocycles. The molecular formula is C22H21FN2O5S2. The van der Waals surface area contributed by atoms with Crippen LogP contribution in [0.3, 0.4) is 0 Å². The van der Waals surface area contributed by atoms with Gasteiger partial charge < -0.3 is 5.32 Å². The molecule has 1 unspecified atom stereocenters. The molecule has 0 bridgehead atoms. The predicted octanol–water partition coefficient (Wildman–Crippen LogP) is 3.52. The maximum absolute atomic E-state index is 13.1. The molecule has 0 aliphatic heterocycles. The van der Waals surface area contributed by atoms with Crippen molar-refractivity contribution >= 4 is 31.5 Å². The van der Waals surface area contributed by atoms with Crippen molar-refractivity contribution in [3.63, 3.8) is 0 Å². The number of benzene rings is 3. The fourth-order valence-corrected chi connectivity index (χ4v) is 4.66. The van der Waals surface area contributed by atoms with E-state index in [-0.39, 0.29) is 21.0 Å². The summed E-state index contributed by atoms with van der Waals surface area (Å²) in [6.45, 7) is 1.72. The summed E-state index contributed by atoms with van der Waals surface area (Å²) in [5.41, 5.74) is 0.835. The lowest BCUT2D eigenvalue weighted by Gasteiger charge is -2.17. The number of hydrogen-bond acceptors (Lipinski definition) is 5. The normalized spacial score (nSPS) is 12.7. The van der Waals surface area contributed by atoms with Gasteiger partial charge in [0.1, 0.15) is 5.82 Å². The third-order valence-corrected chi connectivity index (χ3v) is 7.21. The van der Waals surface area contributed by atoms with E-state index in [0.29, 0.717) is 5.56 Å². The van der Waals surface area contributed by atoms with Crippen LogP contribution in [-0.4, -0.2) is 29.0 Å². The molecule has 0 radical (unpaired) electrons. The van der Waals surface area contributed by atoms with Crippen molar-refractivity contribution in [1.29, 1.82) is 0 Å². The van der Waals surface area contributed by atoms with Crippen LogP contribution in [-0.2, 0) is 19.9 Å². The van der Waals surface area contributed by atoms with E-state index >= 15 is 0 Å². The Labute approximate surface area is 186 Å². The number of sulfonamides is 1. The third kappa shape index (κ3) is 5.51. The molecule has 0 fully saturated rings. The van der Waals surface area contributed by atoms with Crippen LogP contribution in [0.4, 0.5) is 10.1 Å². The summed E-state index contributed by atoms with van der Waals surface area (Å²) in [6, 6.07) is 16.0. The van der Waals surface area contributed by atoms with E-state index in [4.69, 9.17) is 0 Å². The molecule has 3 aromatic rings. The minimum Gasteiger partial charge on any atom is -0.345 e. The minimum atomic E-state index is -4.04. The molecular weight excluding hydrogens is 455 g/mol. The topological polar surface area (TPSA) is 109 Å². The summed E-state index contributed by atoms with van der Waals surface area (Å²) in [4.78, 5) is 12.9. The van der Waals surface area contributed by atoms with Crippen molar-refractivity contribution in [3.05, 3.63) is 89.7 Å². The highest BCUT2D eigenvalue weighted by atomic mass is 32.2. The fraction of sp³-hybridized carbons (Fsp3) is 0.136. The molecule has 3 aromatic carbocycles. The van der Waals surface area contributed by atoms with Crippen LogP contribution in [0.15, 0.2) is 82.6 Å². The van der Waals surface area contributed by atoms with Crippen molar-refractivity contribution in [3.8, 4) is 0 Å². The average molecular weight is 477 g/mol. The van der Waals surface area contributed by atoms with E-state index in [9.17, 15) is 26.0 Å². The molecule has 10 heteroatoms. The van der Waals surface area contributed by atoms with Crippen molar-refractivity contribution < 1.29 is 26.0 Å². The predicted molar refractivity (Wildman–Crippen MR) is 119 cm³/mol. The Morgan fingerprint density at radius 1 is 0.844 bits per heavy atom. The van der Waals surface area contributed by atoms with Crippen LogP contribution in [0.2, 0.25) is 0 Å². The Kier molecular flexibility index (Phi) is 6.65. The van der Waals surface area contributed by atoms with Crippen LogP contribution < -0.4 is 10.0 Å². The maximum atomic E-state index is 13.1. The second-order valence-electron chi connectivity index (χ2n) is 7.14. The monoisotopic (exact) mass is 476 g/mol. The number of rotatable bonds is 7. The number of para-hydroxylation sites is 1. The summed E-state index contributed by atoms with van der Waals surface area (Å²) in [7, 11) is -7.37. The molecule has 1 amide bonds. The van der Waals surface area contributed by atoms with Gasteiger partial charge in [-0.2, -0.15) is 0 Å². The number of sulfone groups is 1. The first-order chi connectivity index (χ1) is 15.0. The molecule has 0 aliphatic rings. The second-order valence-corrected chi connectivity index (χ2v) is 10.8. The molecule has 1 atom stereocenters. The SMILES string of the molecule is CC(NC(=O)c1ccccc1NS(=O)(=O)c1ccc(F)cc1)c1ccc(S(C)(=O)=O)cc1. The molecule has 3 rings (SSSR count). The van der Waals surface area contributed by atoms with Gasteiger partial charge in [0.05, 0.1) is 27.1 Å². The zero-order chi connectivity index (χ0) is 23.5. The van der Waals surface area contributed by atoms with Gasteiger partial charge in [0.15, 0.2) is 9.84 Å². The van der Waals surface area contributed by atoms with Gasteiger partial charge in [0.25, 0.3) is 15.9 Å². The first-order valence-corrected chi connectivity index (χ1v) is 12.8. The van der Waals surface area contributed by atoms with Gasteiger partial charge in [0, 0.05) is 6.26 Å². The van der Waals surface area contributed by atoms with Gasteiger partial charge in [0.2, 0.25) is 0 Å². The molecule has 0 aromatic heterocycles. The van der Waals surface area contributed by atoms with Gasteiger partial charge >= 0.3 is 0 Å². The summed E-state index contributed by atoms with van der Waals surface area (Å²) in [5, 5.41) is 2.77. The quantitative estimate of drug-likeness (QED) is 0.542. The largest absolute Gasteiger partial charge is 0.345 e. The van der Waals surface area contributed by atoms with Gasteiger partial charge in [-0.05, 0) is 61.0 Å². The third-order valence-electron chi connectivity index (χ3n) is 4.70. The molecule has 0 aliphatic carbocycles. The van der Waals surface area contributed by atoms with Gasteiger partial charge in [-0.15, -0.1) is 0 Å². The molecule has 168 valence electrons. The van der Waals surface area contributed by atoms with Crippen molar-refractivity contribution in [2.45, 2.75) is 22.8 Å². The Morgan fingerprint density at radius 3 is 2.00 bits per heavy atom. The van der Waals surface area contributed by atoms with E-state index in [1.54, 1.807) is 31.2 Å². The fourth-order valence-electron chi connectivity index (χ4n) is 2.95. The van der Waals surface area contributed by atoms with Crippen LogP contribution in [0.1, 0.15) is 28.9 Å².